The van der Waals surface area contributed by atoms with Crippen molar-refractivity contribution in [2.45, 2.75) is 18.8 Å². The molecule has 0 bridgehead atoms. The van der Waals surface area contributed by atoms with Crippen LogP contribution < -0.4 is 10.9 Å². The lowest BCUT2D eigenvalue weighted by atomic mass is 9.79. The van der Waals surface area contributed by atoms with E-state index in [1.54, 1.807) is 12.1 Å². The van der Waals surface area contributed by atoms with Gasteiger partial charge in [-0.1, -0.05) is 60.6 Å². The number of carbonyl (C=O) groups is 1. The van der Waals surface area contributed by atoms with Gasteiger partial charge in [-0.2, -0.15) is 5.26 Å². The summed E-state index contributed by atoms with van der Waals surface area (Å²) in [5, 5.41) is 26.1. The second-order valence-electron chi connectivity index (χ2n) is 7.77. The number of benzene rings is 2. The lowest BCUT2D eigenvalue weighted by Crippen LogP contribution is -2.29. The molecule has 0 aliphatic rings. The Bertz CT molecular complexity index is 1420. The van der Waals surface area contributed by atoms with Crippen molar-refractivity contribution in [1.82, 2.24) is 14.7 Å². The van der Waals surface area contributed by atoms with Crippen LogP contribution in [-0.4, -0.2) is 25.7 Å². The molecule has 1 amide bonds. The van der Waals surface area contributed by atoms with Crippen molar-refractivity contribution < 1.29 is 14.4 Å². The first kappa shape index (κ1) is 22.5. The van der Waals surface area contributed by atoms with Gasteiger partial charge in [0.25, 0.3) is 11.5 Å². The van der Waals surface area contributed by atoms with Crippen LogP contribution in [0.5, 0.6) is 5.75 Å². The number of hydrogen-bond acceptors (Lipinski definition) is 7. The molecule has 0 saturated carbocycles. The minimum Gasteiger partial charge on any atom is -0.501 e. The maximum atomic E-state index is 12.8. The summed E-state index contributed by atoms with van der Waals surface area (Å²) in [4.78, 5) is 30.0. The first-order valence-corrected chi connectivity index (χ1v) is 10.5. The van der Waals surface area contributed by atoms with Crippen LogP contribution in [0, 0.1) is 11.3 Å². The molecular formula is C25H21N5O4. The Labute approximate surface area is 194 Å². The van der Waals surface area contributed by atoms with Crippen LogP contribution in [0.25, 0.3) is 0 Å². The summed E-state index contributed by atoms with van der Waals surface area (Å²) in [5.41, 5.74) is 1.26. The van der Waals surface area contributed by atoms with E-state index < -0.39 is 28.8 Å². The quantitative estimate of drug-likeness (QED) is 0.454. The Kier molecular flexibility index (Phi) is 6.23. The van der Waals surface area contributed by atoms with Crippen molar-refractivity contribution in [2.24, 2.45) is 7.05 Å². The predicted molar refractivity (Wildman–Crippen MR) is 123 cm³/mol. The van der Waals surface area contributed by atoms with Crippen LogP contribution in [0.2, 0.25) is 0 Å². The molecule has 4 rings (SSSR count). The lowest BCUT2D eigenvalue weighted by Gasteiger charge is -2.27. The van der Waals surface area contributed by atoms with Gasteiger partial charge in [0.05, 0.1) is 17.8 Å². The minimum absolute atomic E-state index is 0.256. The summed E-state index contributed by atoms with van der Waals surface area (Å²) in [5.74, 6) is -2.06. The second-order valence-corrected chi connectivity index (χ2v) is 7.77. The molecule has 9 heteroatoms. The van der Waals surface area contributed by atoms with Crippen molar-refractivity contribution >= 4 is 11.6 Å². The standard InChI is InChI=1S/C25H21N5O4/c1-15(20(16-8-4-3-5-9-16)19-11-7-6-10-17(19)12-26)23-29-21(22(31)25(33)30(23)2)24(32)28-18-13-27-34-14-18/h3-11,13-15,20,31H,1-2H3,(H,28,32)/t15-,20-/m1/s1. The molecule has 2 N–H and O–H groups in total. The van der Waals surface area contributed by atoms with Gasteiger partial charge in [0, 0.05) is 18.9 Å². The molecule has 9 nitrogen and oxygen atoms in total. The molecule has 2 heterocycles. The number of aromatic hydroxyl groups is 1. The van der Waals surface area contributed by atoms with Gasteiger partial charge < -0.3 is 14.9 Å². The summed E-state index contributed by atoms with van der Waals surface area (Å²) < 4.78 is 5.92. The Morgan fingerprint density at radius 2 is 1.88 bits per heavy atom. The van der Waals surface area contributed by atoms with Crippen LogP contribution in [0.3, 0.4) is 0 Å². The van der Waals surface area contributed by atoms with Crippen molar-refractivity contribution in [2.75, 3.05) is 5.32 Å². The summed E-state index contributed by atoms with van der Waals surface area (Å²) >= 11 is 0. The highest BCUT2D eigenvalue weighted by Crippen LogP contribution is 2.39. The fourth-order valence-electron chi connectivity index (χ4n) is 4.05. The third kappa shape index (κ3) is 4.17. The van der Waals surface area contributed by atoms with E-state index in [4.69, 9.17) is 4.52 Å². The summed E-state index contributed by atoms with van der Waals surface area (Å²) in [6.07, 6.45) is 2.49. The van der Waals surface area contributed by atoms with Gasteiger partial charge >= 0.3 is 0 Å². The van der Waals surface area contributed by atoms with Crippen LogP contribution in [0.1, 0.15) is 51.8 Å². The third-order valence-corrected chi connectivity index (χ3v) is 5.69. The molecule has 2 atom stereocenters. The van der Waals surface area contributed by atoms with E-state index in [2.05, 4.69) is 21.5 Å². The molecule has 0 aliphatic carbocycles. The van der Waals surface area contributed by atoms with Crippen molar-refractivity contribution in [3.05, 3.63) is 106 Å². The van der Waals surface area contributed by atoms with Crippen LogP contribution in [0.4, 0.5) is 5.69 Å². The van der Waals surface area contributed by atoms with Crippen LogP contribution in [-0.2, 0) is 7.05 Å². The Balaban J connectivity index is 1.86. The largest absolute Gasteiger partial charge is 0.501 e. The lowest BCUT2D eigenvalue weighted by molar-refractivity contribution is 0.101. The molecule has 2 aromatic carbocycles. The molecule has 2 aromatic heterocycles. The zero-order chi connectivity index (χ0) is 24.2. The first-order valence-electron chi connectivity index (χ1n) is 10.5. The van der Waals surface area contributed by atoms with Gasteiger partial charge in [-0.15, -0.1) is 0 Å². The molecule has 0 spiro atoms. The van der Waals surface area contributed by atoms with Gasteiger partial charge in [0.15, 0.2) is 5.69 Å². The molecule has 0 fully saturated rings. The molecule has 0 saturated heterocycles. The number of nitriles is 1. The molecule has 0 aliphatic heterocycles. The van der Waals surface area contributed by atoms with Crippen LogP contribution in [0.15, 0.2) is 76.4 Å². The maximum Gasteiger partial charge on any atom is 0.296 e. The van der Waals surface area contributed by atoms with Gasteiger partial charge in [-0.3, -0.25) is 14.2 Å². The predicted octanol–water partition coefficient (Wildman–Crippen LogP) is 3.53. The molecule has 0 unspecified atom stereocenters. The van der Waals surface area contributed by atoms with E-state index in [0.29, 0.717) is 5.56 Å². The average molecular weight is 455 g/mol. The Morgan fingerprint density at radius 3 is 2.56 bits per heavy atom. The van der Waals surface area contributed by atoms with E-state index in [1.165, 1.54) is 24.1 Å². The highest BCUT2D eigenvalue weighted by Gasteiger charge is 2.30. The Hall–Kier alpha value is -4.71. The highest BCUT2D eigenvalue weighted by molar-refractivity contribution is 6.04. The van der Waals surface area contributed by atoms with Crippen LogP contribution >= 0.6 is 0 Å². The fourth-order valence-corrected chi connectivity index (χ4v) is 4.05. The van der Waals surface area contributed by atoms with Gasteiger partial charge in [0.2, 0.25) is 5.75 Å². The molecular weight excluding hydrogens is 434 g/mol. The zero-order valence-corrected chi connectivity index (χ0v) is 18.5. The number of nitrogens with one attached hydrogen (secondary N) is 1. The minimum atomic E-state index is -0.777. The highest BCUT2D eigenvalue weighted by atomic mass is 16.5. The van der Waals surface area contributed by atoms with E-state index in [0.717, 1.165) is 11.1 Å². The van der Waals surface area contributed by atoms with Crippen molar-refractivity contribution in [3.63, 3.8) is 0 Å². The SMILES string of the molecule is C[C@@H](c1nc(C(=O)Nc2cnoc2)c(O)c(=O)n1C)[C@H](c1ccccc1)c1ccccc1C#N. The Morgan fingerprint density at radius 1 is 1.18 bits per heavy atom. The number of rotatable bonds is 6. The number of aromatic nitrogens is 3. The second kappa shape index (κ2) is 9.42. The molecule has 34 heavy (non-hydrogen) atoms. The smallest absolute Gasteiger partial charge is 0.296 e. The normalized spacial score (nSPS) is 12.5. The topological polar surface area (TPSA) is 134 Å². The number of carbonyl (C=O) groups excluding carboxylic acids is 1. The number of anilines is 1. The van der Waals surface area contributed by atoms with Crippen molar-refractivity contribution in [1.29, 1.82) is 5.26 Å². The van der Waals surface area contributed by atoms with E-state index in [9.17, 15) is 20.0 Å². The number of nitrogens with zero attached hydrogens (tertiary/aromatic N) is 4. The molecule has 4 aromatic rings. The summed E-state index contributed by atoms with van der Waals surface area (Å²) in [6, 6.07) is 19.0. The summed E-state index contributed by atoms with van der Waals surface area (Å²) in [6.45, 7) is 1.87. The van der Waals surface area contributed by atoms with Gasteiger partial charge in [-0.05, 0) is 17.2 Å². The first-order chi connectivity index (χ1) is 16.4. The third-order valence-electron chi connectivity index (χ3n) is 5.69. The maximum absolute atomic E-state index is 12.8. The monoisotopic (exact) mass is 455 g/mol. The zero-order valence-electron chi connectivity index (χ0n) is 18.5. The summed E-state index contributed by atoms with van der Waals surface area (Å²) in [7, 11) is 1.49. The van der Waals surface area contributed by atoms with Crippen molar-refractivity contribution in [3.8, 4) is 11.8 Å². The molecule has 0 radical (unpaired) electrons. The number of amides is 1. The average Bonchev–Trinajstić information content (AvgIpc) is 3.36. The van der Waals surface area contributed by atoms with E-state index in [-0.39, 0.29) is 17.4 Å². The van der Waals surface area contributed by atoms with E-state index in [1.807, 2.05) is 49.4 Å². The van der Waals surface area contributed by atoms with Gasteiger partial charge in [0.1, 0.15) is 17.8 Å². The van der Waals surface area contributed by atoms with Gasteiger partial charge in [-0.25, -0.2) is 4.98 Å². The fraction of sp³-hybridized carbons (Fsp3) is 0.160. The number of hydrogen-bond donors (Lipinski definition) is 2. The molecule has 170 valence electrons. The van der Waals surface area contributed by atoms with E-state index >= 15 is 0 Å².